The maximum absolute atomic E-state index is 6.10. The van der Waals surface area contributed by atoms with Crippen LogP contribution in [0, 0.1) is 13.8 Å². The third-order valence-corrected chi connectivity index (χ3v) is 5.77. The number of pyridine rings is 2. The number of nitrogens with one attached hydrogen (secondary N) is 1. The van der Waals surface area contributed by atoms with Gasteiger partial charge < -0.3 is 14.3 Å². The number of rotatable bonds is 3. The molecule has 31 heavy (non-hydrogen) atoms. The van der Waals surface area contributed by atoms with Crippen LogP contribution in [0.3, 0.4) is 0 Å². The topological polar surface area (TPSA) is 101 Å². The Morgan fingerprint density at radius 2 is 2.03 bits per heavy atom. The maximum Gasteiger partial charge on any atom is 0.319 e. The molecule has 0 unspecified atom stereocenters. The van der Waals surface area contributed by atoms with Crippen LogP contribution in [0.15, 0.2) is 53.3 Å². The molecule has 5 aromatic heterocycles. The van der Waals surface area contributed by atoms with Crippen molar-refractivity contribution in [2.24, 2.45) is 0 Å². The van der Waals surface area contributed by atoms with Crippen LogP contribution in [0.4, 0.5) is 6.01 Å². The van der Waals surface area contributed by atoms with Gasteiger partial charge in [-0.1, -0.05) is 17.2 Å². The summed E-state index contributed by atoms with van der Waals surface area (Å²) in [4.78, 5) is 14.4. The van der Waals surface area contributed by atoms with Crippen molar-refractivity contribution in [3.8, 4) is 11.6 Å². The molecule has 0 amide bonds. The summed E-state index contributed by atoms with van der Waals surface area (Å²) in [7, 11) is 0. The minimum absolute atomic E-state index is 0.229. The highest BCUT2D eigenvalue weighted by Crippen LogP contribution is 2.37. The summed E-state index contributed by atoms with van der Waals surface area (Å²) in [5.41, 5.74) is 6.71. The molecule has 154 valence electrons. The molecule has 6 rings (SSSR count). The Labute approximate surface area is 177 Å². The Bertz CT molecular complexity index is 1400. The molecule has 0 spiro atoms. The van der Waals surface area contributed by atoms with Crippen molar-refractivity contribution in [2.45, 2.75) is 26.3 Å². The number of nitrogens with zero attached hydrogens (tertiary/aromatic N) is 7. The second-order valence-electron chi connectivity index (χ2n) is 7.74. The number of aromatic nitrogens is 7. The number of hydrogen-bond acceptors (Lipinski definition) is 7. The Morgan fingerprint density at radius 3 is 2.90 bits per heavy atom. The van der Waals surface area contributed by atoms with E-state index in [4.69, 9.17) is 9.52 Å². The van der Waals surface area contributed by atoms with Gasteiger partial charge in [-0.05, 0) is 43.7 Å². The summed E-state index contributed by atoms with van der Waals surface area (Å²) in [6.45, 7) is 4.72. The Morgan fingerprint density at radius 1 is 1.10 bits per heavy atom. The van der Waals surface area contributed by atoms with Crippen molar-refractivity contribution >= 4 is 11.5 Å². The third kappa shape index (κ3) is 2.81. The highest BCUT2D eigenvalue weighted by molar-refractivity contribution is 5.55. The van der Waals surface area contributed by atoms with Gasteiger partial charge in [0.25, 0.3) is 5.89 Å². The van der Waals surface area contributed by atoms with Crippen molar-refractivity contribution < 1.29 is 4.42 Å². The third-order valence-electron chi connectivity index (χ3n) is 5.77. The number of hydrogen-bond donors (Lipinski definition) is 1. The van der Waals surface area contributed by atoms with E-state index in [2.05, 4.69) is 42.2 Å². The summed E-state index contributed by atoms with van der Waals surface area (Å²) >= 11 is 0. The summed E-state index contributed by atoms with van der Waals surface area (Å²) < 4.78 is 8.05. The van der Waals surface area contributed by atoms with Crippen LogP contribution in [0.5, 0.6) is 0 Å². The molecular weight excluding hydrogens is 392 g/mol. The molecule has 1 N–H and O–H groups in total. The first-order chi connectivity index (χ1) is 15.2. The van der Waals surface area contributed by atoms with E-state index < -0.39 is 0 Å². The molecule has 0 aromatic carbocycles. The van der Waals surface area contributed by atoms with E-state index in [0.29, 0.717) is 24.1 Å². The predicted octanol–water partition coefficient (Wildman–Crippen LogP) is 3.27. The number of fused-ring (bicyclic) bond motifs is 2. The lowest BCUT2D eigenvalue weighted by Gasteiger charge is -2.32. The highest BCUT2D eigenvalue weighted by Gasteiger charge is 2.36. The Kier molecular flexibility index (Phi) is 3.89. The second kappa shape index (κ2) is 6.76. The molecule has 6 heterocycles. The standard InChI is InChI=1S/C22H20N8O/c1-13-5-4-9-23-18(13)21-26-27-22(31-21)29-10-8-16-19(25-12-24-16)20(29)17-11-15-7-3-6-14(2)30(15)28-17/h3-7,9,11-12,20H,8,10H2,1-2H3,(H,24,25)/t20-/m0/s1. The number of H-pyrrole nitrogens is 1. The van der Waals surface area contributed by atoms with Crippen molar-refractivity contribution in [3.05, 3.63) is 77.3 Å². The average molecular weight is 412 g/mol. The minimum Gasteiger partial charge on any atom is -0.402 e. The Balaban J connectivity index is 1.46. The largest absolute Gasteiger partial charge is 0.402 e. The van der Waals surface area contributed by atoms with Gasteiger partial charge in [-0.3, -0.25) is 4.98 Å². The predicted molar refractivity (Wildman–Crippen MR) is 114 cm³/mol. The lowest BCUT2D eigenvalue weighted by molar-refractivity contribution is 0.502. The first-order valence-corrected chi connectivity index (χ1v) is 10.2. The SMILES string of the molecule is Cc1cccnc1-c1nnc(N2CCc3[nH]cnc3[C@@H]2c2cc3cccc(C)n3n2)o1. The van der Waals surface area contributed by atoms with Crippen LogP contribution in [0.2, 0.25) is 0 Å². The van der Waals surface area contributed by atoms with E-state index in [1.165, 1.54) is 0 Å². The number of imidazole rings is 1. The van der Waals surface area contributed by atoms with Gasteiger partial charge in [0.1, 0.15) is 11.7 Å². The summed E-state index contributed by atoms with van der Waals surface area (Å²) in [6.07, 6.45) is 4.27. The Hall–Kier alpha value is -4.01. The summed E-state index contributed by atoms with van der Waals surface area (Å²) in [5, 5.41) is 13.5. The van der Waals surface area contributed by atoms with E-state index in [0.717, 1.165) is 40.3 Å². The van der Waals surface area contributed by atoms with Gasteiger partial charge in [-0.2, -0.15) is 5.10 Å². The lowest BCUT2D eigenvalue weighted by atomic mass is 10.0. The lowest BCUT2D eigenvalue weighted by Crippen LogP contribution is -2.37. The van der Waals surface area contributed by atoms with E-state index in [-0.39, 0.29) is 6.04 Å². The van der Waals surface area contributed by atoms with Crippen LogP contribution in [0.25, 0.3) is 17.1 Å². The number of aryl methyl sites for hydroxylation is 2. The number of aromatic amines is 1. The monoisotopic (exact) mass is 412 g/mol. The fraction of sp³-hybridized carbons (Fsp3) is 0.227. The van der Waals surface area contributed by atoms with Crippen LogP contribution >= 0.6 is 0 Å². The maximum atomic E-state index is 6.10. The highest BCUT2D eigenvalue weighted by atomic mass is 16.4. The molecule has 9 nitrogen and oxygen atoms in total. The molecule has 1 aliphatic rings. The van der Waals surface area contributed by atoms with E-state index in [1.54, 1.807) is 12.5 Å². The van der Waals surface area contributed by atoms with Crippen molar-refractivity contribution in [2.75, 3.05) is 11.4 Å². The van der Waals surface area contributed by atoms with Gasteiger partial charge in [0, 0.05) is 30.6 Å². The van der Waals surface area contributed by atoms with E-state index >= 15 is 0 Å². The zero-order valence-electron chi connectivity index (χ0n) is 17.1. The molecule has 0 saturated heterocycles. The van der Waals surface area contributed by atoms with E-state index in [9.17, 15) is 0 Å². The summed E-state index contributed by atoms with van der Waals surface area (Å²) in [5.74, 6) is 0.408. The molecule has 1 aliphatic heterocycles. The molecule has 0 radical (unpaired) electrons. The molecule has 9 heteroatoms. The molecule has 0 saturated carbocycles. The van der Waals surface area contributed by atoms with Gasteiger partial charge in [0.15, 0.2) is 0 Å². The van der Waals surface area contributed by atoms with Gasteiger partial charge in [0.05, 0.1) is 23.2 Å². The van der Waals surface area contributed by atoms with Gasteiger partial charge in [-0.25, -0.2) is 9.50 Å². The first-order valence-electron chi connectivity index (χ1n) is 10.2. The molecule has 5 aromatic rings. The first kappa shape index (κ1) is 17.8. The number of anilines is 1. The van der Waals surface area contributed by atoms with E-state index in [1.807, 2.05) is 42.6 Å². The molecule has 0 fully saturated rings. The van der Waals surface area contributed by atoms with Crippen molar-refractivity contribution in [1.82, 2.24) is 34.8 Å². The smallest absolute Gasteiger partial charge is 0.319 e. The van der Waals surface area contributed by atoms with Gasteiger partial charge in [0.2, 0.25) is 0 Å². The molecule has 1 atom stereocenters. The second-order valence-corrected chi connectivity index (χ2v) is 7.74. The van der Waals surface area contributed by atoms with Gasteiger partial charge in [-0.15, -0.1) is 5.10 Å². The fourth-order valence-electron chi connectivity index (χ4n) is 4.23. The van der Waals surface area contributed by atoms with Gasteiger partial charge >= 0.3 is 6.01 Å². The van der Waals surface area contributed by atoms with Crippen molar-refractivity contribution in [1.29, 1.82) is 0 Å². The average Bonchev–Trinajstić information content (AvgIpc) is 3.52. The van der Waals surface area contributed by atoms with Crippen molar-refractivity contribution in [3.63, 3.8) is 0 Å². The molecular formula is C22H20N8O. The summed E-state index contributed by atoms with van der Waals surface area (Å²) in [6, 6.07) is 12.3. The molecule has 0 bridgehead atoms. The minimum atomic E-state index is -0.229. The quantitative estimate of drug-likeness (QED) is 0.485. The molecule has 0 aliphatic carbocycles. The van der Waals surface area contributed by atoms with Crippen LogP contribution in [0.1, 0.15) is 34.4 Å². The van der Waals surface area contributed by atoms with Crippen LogP contribution < -0.4 is 4.90 Å². The normalized spacial score (nSPS) is 16.1. The zero-order valence-corrected chi connectivity index (χ0v) is 17.1. The fourth-order valence-corrected chi connectivity index (χ4v) is 4.23. The zero-order chi connectivity index (χ0) is 20.9. The van der Waals surface area contributed by atoms with Crippen LogP contribution in [-0.4, -0.2) is 41.3 Å². The van der Waals surface area contributed by atoms with Crippen LogP contribution in [-0.2, 0) is 6.42 Å².